The average molecular weight is 398 g/mol. The lowest BCUT2D eigenvalue weighted by Gasteiger charge is -2.33. The van der Waals surface area contributed by atoms with Crippen LogP contribution in [0.5, 0.6) is 0 Å². The fourth-order valence-corrected chi connectivity index (χ4v) is 5.20. The van der Waals surface area contributed by atoms with Gasteiger partial charge in [-0.05, 0) is 36.3 Å². The molecule has 1 aromatic carbocycles. The number of aryl methyl sites for hydroxylation is 2. The van der Waals surface area contributed by atoms with Gasteiger partial charge in [-0.15, -0.1) is 11.3 Å². The molecule has 0 bridgehead atoms. The molecule has 0 N–H and O–H groups in total. The summed E-state index contributed by atoms with van der Waals surface area (Å²) in [6, 6.07) is 12.5. The highest BCUT2D eigenvalue weighted by molar-refractivity contribution is 7.16. The van der Waals surface area contributed by atoms with Gasteiger partial charge in [-0.1, -0.05) is 42.4 Å². The Hall–Kier alpha value is -2.37. The van der Waals surface area contributed by atoms with Crippen LogP contribution >= 0.6 is 22.9 Å². The van der Waals surface area contributed by atoms with E-state index in [4.69, 9.17) is 11.6 Å². The molecule has 1 amide bonds. The Morgan fingerprint density at radius 2 is 2.11 bits per heavy atom. The minimum atomic E-state index is -0.0518. The highest BCUT2D eigenvalue weighted by Gasteiger charge is 2.32. The molecule has 0 aliphatic carbocycles. The van der Waals surface area contributed by atoms with E-state index in [0.29, 0.717) is 13.1 Å². The molecular weight excluding hydrogens is 378 g/mol. The van der Waals surface area contributed by atoms with Gasteiger partial charge in [0.15, 0.2) is 0 Å². The molecule has 3 heterocycles. The third kappa shape index (κ3) is 3.22. The number of aromatic nitrogens is 2. The minimum Gasteiger partial charge on any atom is -0.333 e. The third-order valence-electron chi connectivity index (χ3n) is 5.02. The molecule has 1 atom stereocenters. The van der Waals surface area contributed by atoms with Gasteiger partial charge in [0.2, 0.25) is 5.91 Å². The molecule has 0 saturated carbocycles. The van der Waals surface area contributed by atoms with Gasteiger partial charge in [-0.3, -0.25) is 9.48 Å². The molecule has 2 aromatic heterocycles. The van der Waals surface area contributed by atoms with E-state index < -0.39 is 0 Å². The van der Waals surface area contributed by atoms with Gasteiger partial charge in [0.1, 0.15) is 0 Å². The summed E-state index contributed by atoms with van der Waals surface area (Å²) in [5.41, 5.74) is 5.57. The number of carbonyl (C=O) groups is 1. The highest BCUT2D eigenvalue weighted by Crippen LogP contribution is 2.42. The number of hydrogen-bond acceptors (Lipinski definition) is 3. The topological polar surface area (TPSA) is 38.1 Å². The predicted octanol–water partition coefficient (Wildman–Crippen LogP) is 4.77. The number of fused-ring (bicyclic) bond motifs is 1. The number of rotatable bonds is 3. The summed E-state index contributed by atoms with van der Waals surface area (Å²) in [6.45, 7) is 6.84. The number of nitrogens with zero attached hydrogens (tertiary/aromatic N) is 3. The Morgan fingerprint density at radius 1 is 1.33 bits per heavy atom. The molecule has 3 aromatic rings. The van der Waals surface area contributed by atoms with Crippen molar-refractivity contribution in [2.75, 3.05) is 6.54 Å². The van der Waals surface area contributed by atoms with Crippen molar-refractivity contribution in [1.82, 2.24) is 14.7 Å². The summed E-state index contributed by atoms with van der Waals surface area (Å²) in [5.74, 6) is 0.0110. The molecule has 27 heavy (non-hydrogen) atoms. The number of hydrogen-bond donors (Lipinski definition) is 0. The SMILES string of the molecule is C=CC(=O)N1Cc2sc(Cl)cc2[C@H](c2ccccc2-c2cc(C)nn2C)C1. The molecule has 0 unspecified atom stereocenters. The number of benzene rings is 1. The van der Waals surface area contributed by atoms with E-state index in [1.807, 2.05) is 41.8 Å². The van der Waals surface area contributed by atoms with Crippen molar-refractivity contribution < 1.29 is 4.79 Å². The van der Waals surface area contributed by atoms with Gasteiger partial charge in [0, 0.05) is 30.0 Å². The largest absolute Gasteiger partial charge is 0.333 e. The molecular formula is C21H20ClN3OS. The summed E-state index contributed by atoms with van der Waals surface area (Å²) >= 11 is 7.88. The van der Waals surface area contributed by atoms with Gasteiger partial charge in [0.05, 0.1) is 22.3 Å². The molecule has 0 fully saturated rings. The molecule has 1 aliphatic heterocycles. The second-order valence-corrected chi connectivity index (χ2v) is 8.55. The summed E-state index contributed by atoms with van der Waals surface area (Å²) < 4.78 is 2.66. The molecule has 138 valence electrons. The summed E-state index contributed by atoms with van der Waals surface area (Å²) in [5, 5.41) is 4.50. The van der Waals surface area contributed by atoms with Gasteiger partial charge < -0.3 is 4.90 Å². The predicted molar refractivity (Wildman–Crippen MR) is 110 cm³/mol. The van der Waals surface area contributed by atoms with Crippen molar-refractivity contribution >= 4 is 28.8 Å². The Morgan fingerprint density at radius 3 is 2.81 bits per heavy atom. The van der Waals surface area contributed by atoms with Crippen molar-refractivity contribution in [1.29, 1.82) is 0 Å². The zero-order valence-corrected chi connectivity index (χ0v) is 16.8. The number of thiophene rings is 1. The van der Waals surface area contributed by atoms with Crippen LogP contribution in [0.2, 0.25) is 4.34 Å². The van der Waals surface area contributed by atoms with Crippen LogP contribution in [0.4, 0.5) is 0 Å². The van der Waals surface area contributed by atoms with Crippen molar-refractivity contribution in [2.24, 2.45) is 7.05 Å². The quantitative estimate of drug-likeness (QED) is 0.597. The van der Waals surface area contributed by atoms with Crippen LogP contribution in [0.15, 0.2) is 49.1 Å². The lowest BCUT2D eigenvalue weighted by molar-refractivity contribution is -0.127. The van der Waals surface area contributed by atoms with Crippen LogP contribution in [0.25, 0.3) is 11.3 Å². The molecule has 0 spiro atoms. The Kier molecular flexibility index (Phi) is 4.66. The molecule has 4 rings (SSSR count). The van der Waals surface area contributed by atoms with E-state index in [1.165, 1.54) is 17.2 Å². The van der Waals surface area contributed by atoms with Crippen LogP contribution in [0, 0.1) is 6.92 Å². The van der Waals surface area contributed by atoms with Gasteiger partial charge in [-0.2, -0.15) is 5.10 Å². The van der Waals surface area contributed by atoms with Crippen LogP contribution in [0.3, 0.4) is 0 Å². The first-order chi connectivity index (χ1) is 13.0. The first-order valence-electron chi connectivity index (χ1n) is 8.77. The second kappa shape index (κ2) is 6.98. The lowest BCUT2D eigenvalue weighted by Crippen LogP contribution is -2.37. The minimum absolute atomic E-state index is 0.0518. The summed E-state index contributed by atoms with van der Waals surface area (Å²) in [4.78, 5) is 15.3. The van der Waals surface area contributed by atoms with Crippen molar-refractivity contribution in [3.8, 4) is 11.3 Å². The molecule has 0 saturated heterocycles. The lowest BCUT2D eigenvalue weighted by atomic mass is 9.85. The van der Waals surface area contributed by atoms with E-state index in [9.17, 15) is 4.79 Å². The summed E-state index contributed by atoms with van der Waals surface area (Å²) in [6.07, 6.45) is 1.38. The van der Waals surface area contributed by atoms with Crippen molar-refractivity contribution in [3.63, 3.8) is 0 Å². The molecule has 6 heteroatoms. The van der Waals surface area contributed by atoms with E-state index in [2.05, 4.69) is 29.9 Å². The average Bonchev–Trinajstić information content (AvgIpc) is 3.20. The standard InChI is InChI=1S/C21H20ClN3OS/c1-4-21(26)25-11-17(16-10-20(22)27-19(16)12-25)14-7-5-6-8-15(14)18-9-13(2)23-24(18)3/h4-10,17H,1,11-12H2,2-3H3/t17-/m0/s1. The van der Waals surface area contributed by atoms with E-state index in [0.717, 1.165) is 26.2 Å². The maximum Gasteiger partial charge on any atom is 0.246 e. The smallest absolute Gasteiger partial charge is 0.246 e. The third-order valence-corrected chi connectivity index (χ3v) is 6.29. The van der Waals surface area contributed by atoms with Gasteiger partial charge in [-0.25, -0.2) is 0 Å². The maximum atomic E-state index is 12.3. The number of halogens is 1. The van der Waals surface area contributed by atoms with Crippen molar-refractivity contribution in [2.45, 2.75) is 19.4 Å². The second-order valence-electron chi connectivity index (χ2n) is 6.79. The van der Waals surface area contributed by atoms with Gasteiger partial charge in [0.25, 0.3) is 0 Å². The van der Waals surface area contributed by atoms with Crippen LogP contribution in [-0.2, 0) is 18.4 Å². The highest BCUT2D eigenvalue weighted by atomic mass is 35.5. The van der Waals surface area contributed by atoms with Crippen molar-refractivity contribution in [3.05, 3.63) is 75.1 Å². The Labute approximate surface area is 167 Å². The monoisotopic (exact) mass is 397 g/mol. The number of carbonyl (C=O) groups excluding carboxylic acids is 1. The molecule has 4 nitrogen and oxygen atoms in total. The fraction of sp³-hybridized carbons (Fsp3) is 0.238. The van der Waals surface area contributed by atoms with Crippen LogP contribution in [0.1, 0.15) is 27.6 Å². The van der Waals surface area contributed by atoms with Crippen LogP contribution < -0.4 is 0 Å². The Bertz CT molecular complexity index is 1040. The molecule has 0 radical (unpaired) electrons. The number of amides is 1. The first-order valence-corrected chi connectivity index (χ1v) is 9.96. The zero-order valence-electron chi connectivity index (χ0n) is 15.3. The van der Waals surface area contributed by atoms with Gasteiger partial charge >= 0.3 is 0 Å². The maximum absolute atomic E-state index is 12.3. The van der Waals surface area contributed by atoms with Crippen LogP contribution in [-0.4, -0.2) is 27.1 Å². The normalized spacial score (nSPS) is 16.3. The van der Waals surface area contributed by atoms with E-state index in [-0.39, 0.29) is 11.8 Å². The fourth-order valence-electron chi connectivity index (χ4n) is 3.84. The summed E-state index contributed by atoms with van der Waals surface area (Å²) in [7, 11) is 1.96. The Balaban J connectivity index is 1.86. The van der Waals surface area contributed by atoms with E-state index in [1.54, 1.807) is 11.3 Å². The first kappa shape index (κ1) is 18.0. The molecule has 1 aliphatic rings. The van der Waals surface area contributed by atoms with E-state index >= 15 is 0 Å². The zero-order chi connectivity index (χ0) is 19.1.